The highest BCUT2D eigenvalue weighted by Crippen LogP contribution is 2.44. The Bertz CT molecular complexity index is 883. The molecule has 27 heavy (non-hydrogen) atoms. The van der Waals surface area contributed by atoms with Crippen LogP contribution in [0.3, 0.4) is 0 Å². The van der Waals surface area contributed by atoms with Crippen LogP contribution in [-0.2, 0) is 14.3 Å². The zero-order valence-corrected chi connectivity index (χ0v) is 14.5. The number of methoxy groups -OCH3 is 1. The predicted molar refractivity (Wildman–Crippen MR) is 90.6 cm³/mol. The number of ether oxygens (including phenoxy) is 1. The quantitative estimate of drug-likeness (QED) is 0.605. The molecule has 1 atom stereocenters. The van der Waals surface area contributed by atoms with Crippen molar-refractivity contribution in [1.29, 1.82) is 0 Å². The van der Waals surface area contributed by atoms with Crippen LogP contribution in [0, 0.1) is 0 Å². The minimum absolute atomic E-state index is 0.0171. The fourth-order valence-electron chi connectivity index (χ4n) is 2.41. The first-order valence-electron chi connectivity index (χ1n) is 7.48. The maximum Gasteiger partial charge on any atom is 0.438 e. The van der Waals surface area contributed by atoms with E-state index in [1.54, 1.807) is 30.3 Å². The molecular weight excluding hydrogens is 387 g/mol. The molecule has 1 N–H and O–H groups in total. The first kappa shape index (κ1) is 19.1. The number of alkyl halides is 3. The largest absolute Gasteiger partial charge is 0.466 e. The zero-order chi connectivity index (χ0) is 19.8. The number of halogens is 3. The number of esters is 1. The fraction of sp³-hybridized carbons (Fsp3) is 0.250. The molecule has 1 amide bonds. The van der Waals surface area contributed by atoms with Gasteiger partial charge in [-0.2, -0.15) is 28.3 Å². The Balaban J connectivity index is 1.99. The number of rotatable bonds is 2. The molecule has 2 aliphatic rings. The van der Waals surface area contributed by atoms with Crippen molar-refractivity contribution in [2.24, 2.45) is 10.1 Å². The van der Waals surface area contributed by atoms with Gasteiger partial charge in [0, 0.05) is 6.08 Å². The molecule has 0 saturated heterocycles. The summed E-state index contributed by atoms with van der Waals surface area (Å²) in [5, 5.41) is 14.0. The van der Waals surface area contributed by atoms with Crippen LogP contribution in [0.5, 0.6) is 0 Å². The number of thioether (sulfide) groups is 1. The van der Waals surface area contributed by atoms with E-state index in [0.717, 1.165) is 13.2 Å². The molecule has 2 heterocycles. The van der Waals surface area contributed by atoms with Crippen molar-refractivity contribution >= 4 is 34.5 Å². The lowest BCUT2D eigenvalue weighted by Gasteiger charge is -2.33. The number of carbonyl (C=O) groups excluding carboxylic acids is 2. The summed E-state index contributed by atoms with van der Waals surface area (Å²) in [6.45, 7) is 0. The molecule has 0 saturated carbocycles. The molecule has 0 aromatic heterocycles. The second-order valence-electron chi connectivity index (χ2n) is 5.55. The molecule has 2 aliphatic heterocycles. The van der Waals surface area contributed by atoms with E-state index < -0.39 is 35.4 Å². The van der Waals surface area contributed by atoms with Crippen LogP contribution in [-0.4, -0.2) is 51.9 Å². The van der Waals surface area contributed by atoms with Gasteiger partial charge in [0.15, 0.2) is 5.17 Å². The topological polar surface area (TPSA) is 91.6 Å². The summed E-state index contributed by atoms with van der Waals surface area (Å²) in [5.74, 6) is -1.78. The van der Waals surface area contributed by atoms with Gasteiger partial charge in [-0.25, -0.2) is 4.79 Å². The Morgan fingerprint density at radius 2 is 2.04 bits per heavy atom. The Hall–Kier alpha value is -2.66. The predicted octanol–water partition coefficient (Wildman–Crippen LogP) is 2.03. The van der Waals surface area contributed by atoms with E-state index in [9.17, 15) is 27.9 Å². The van der Waals surface area contributed by atoms with Crippen molar-refractivity contribution in [1.82, 2.24) is 5.01 Å². The van der Waals surface area contributed by atoms with Gasteiger partial charge in [0.1, 0.15) is 0 Å². The van der Waals surface area contributed by atoms with Gasteiger partial charge in [-0.15, -0.1) is 0 Å². The first-order valence-corrected chi connectivity index (χ1v) is 8.30. The number of carbonyl (C=O) groups is 2. The summed E-state index contributed by atoms with van der Waals surface area (Å²) in [4.78, 5) is 26.4. The molecule has 3 rings (SSSR count). The number of amidine groups is 1. The van der Waals surface area contributed by atoms with Gasteiger partial charge in [-0.1, -0.05) is 30.3 Å². The van der Waals surface area contributed by atoms with Gasteiger partial charge in [0.2, 0.25) is 0 Å². The Morgan fingerprint density at radius 1 is 1.37 bits per heavy atom. The second-order valence-corrected chi connectivity index (χ2v) is 6.56. The Kier molecular flexibility index (Phi) is 4.82. The number of amides is 1. The fourth-order valence-corrected chi connectivity index (χ4v) is 3.31. The molecule has 142 valence electrons. The van der Waals surface area contributed by atoms with E-state index in [1.165, 1.54) is 0 Å². The molecule has 1 aromatic rings. The van der Waals surface area contributed by atoms with E-state index in [2.05, 4.69) is 14.8 Å². The lowest BCUT2D eigenvalue weighted by molar-refractivity contribution is -0.294. The number of nitrogens with zero attached hydrogens (tertiary/aromatic N) is 3. The first-order chi connectivity index (χ1) is 12.7. The maximum atomic E-state index is 13.6. The Labute approximate surface area is 155 Å². The van der Waals surface area contributed by atoms with Crippen LogP contribution in [0.2, 0.25) is 0 Å². The van der Waals surface area contributed by atoms with E-state index in [0.29, 0.717) is 17.3 Å². The van der Waals surface area contributed by atoms with Gasteiger partial charge in [-0.05, 0) is 17.3 Å². The summed E-state index contributed by atoms with van der Waals surface area (Å²) >= 11 is 0.495. The third-order valence-electron chi connectivity index (χ3n) is 3.79. The average Bonchev–Trinajstić information content (AvgIpc) is 3.16. The normalized spacial score (nSPS) is 24.3. The van der Waals surface area contributed by atoms with E-state index in [4.69, 9.17) is 0 Å². The van der Waals surface area contributed by atoms with Crippen molar-refractivity contribution in [2.75, 3.05) is 7.11 Å². The highest BCUT2D eigenvalue weighted by molar-refractivity contribution is 8.18. The molecule has 7 nitrogen and oxygen atoms in total. The van der Waals surface area contributed by atoms with E-state index in [-0.39, 0.29) is 15.6 Å². The molecule has 1 aromatic carbocycles. The molecule has 0 spiro atoms. The van der Waals surface area contributed by atoms with Gasteiger partial charge in [0.25, 0.3) is 11.6 Å². The maximum absolute atomic E-state index is 13.6. The van der Waals surface area contributed by atoms with Crippen LogP contribution >= 0.6 is 11.8 Å². The number of aliphatic hydroxyl groups is 1. The molecule has 0 bridgehead atoms. The molecular formula is C16H12F3N3O4S. The second kappa shape index (κ2) is 6.82. The monoisotopic (exact) mass is 399 g/mol. The summed E-state index contributed by atoms with van der Waals surface area (Å²) in [5.41, 5.74) is -3.00. The molecule has 0 radical (unpaired) electrons. The van der Waals surface area contributed by atoms with Crippen LogP contribution in [0.15, 0.2) is 51.4 Å². The highest BCUT2D eigenvalue weighted by Gasteiger charge is 2.63. The summed E-state index contributed by atoms with van der Waals surface area (Å²) in [7, 11) is 1.09. The van der Waals surface area contributed by atoms with Gasteiger partial charge >= 0.3 is 12.1 Å². The number of aliphatic imine (C=N–C) groups is 1. The van der Waals surface area contributed by atoms with Crippen molar-refractivity contribution in [2.45, 2.75) is 18.3 Å². The number of hydrogen-bond acceptors (Lipinski definition) is 7. The molecule has 0 fully saturated rings. The summed E-state index contributed by atoms with van der Waals surface area (Å²) < 4.78 is 45.2. The number of hydrazone groups is 1. The van der Waals surface area contributed by atoms with Gasteiger partial charge in [-0.3, -0.25) is 4.79 Å². The summed E-state index contributed by atoms with van der Waals surface area (Å²) in [6, 6.07) is 8.03. The van der Waals surface area contributed by atoms with Gasteiger partial charge in [0.05, 0.1) is 24.1 Å². The van der Waals surface area contributed by atoms with E-state index >= 15 is 0 Å². The lowest BCUT2D eigenvalue weighted by Crippen LogP contribution is -2.56. The Morgan fingerprint density at radius 3 is 2.63 bits per heavy atom. The molecule has 0 aliphatic carbocycles. The third-order valence-corrected chi connectivity index (χ3v) is 4.75. The van der Waals surface area contributed by atoms with Crippen LogP contribution in [0.1, 0.15) is 12.0 Å². The highest BCUT2D eigenvalue weighted by atomic mass is 32.2. The zero-order valence-electron chi connectivity index (χ0n) is 13.7. The smallest absolute Gasteiger partial charge is 0.438 e. The van der Waals surface area contributed by atoms with Crippen LogP contribution < -0.4 is 0 Å². The number of hydrogen-bond donors (Lipinski definition) is 1. The number of benzene rings is 1. The van der Waals surface area contributed by atoms with Crippen LogP contribution in [0.25, 0.3) is 0 Å². The van der Waals surface area contributed by atoms with Gasteiger partial charge < -0.3 is 9.84 Å². The standard InChI is InChI=1S/C16H12F3N3O4S/c1-26-12(23)7-11-13(24)20-14(27-11)22-15(25,16(17,18)19)8-10(21-22)9-5-3-2-4-6-9/h2-7,25H,8H2,1H3/b11-7+/t15-/m1/s1. The van der Waals surface area contributed by atoms with E-state index in [1.807, 2.05) is 0 Å². The minimum Gasteiger partial charge on any atom is -0.466 e. The average molecular weight is 399 g/mol. The summed E-state index contributed by atoms with van der Waals surface area (Å²) in [6.07, 6.45) is -5.10. The molecule has 0 unspecified atom stereocenters. The van der Waals surface area contributed by atoms with Crippen molar-refractivity contribution in [3.63, 3.8) is 0 Å². The minimum atomic E-state index is -5.08. The SMILES string of the molecule is COC(=O)/C=C1/SC(N2N=C(c3ccccc3)C[C@@]2(O)C(F)(F)F)=NC1=O. The molecule has 11 heteroatoms. The lowest BCUT2D eigenvalue weighted by atomic mass is 10.0. The van der Waals surface area contributed by atoms with Crippen LogP contribution in [0.4, 0.5) is 13.2 Å². The third kappa shape index (κ3) is 3.47. The van der Waals surface area contributed by atoms with Crippen molar-refractivity contribution < 1.29 is 32.6 Å². The van der Waals surface area contributed by atoms with Crippen molar-refractivity contribution in [3.8, 4) is 0 Å². The van der Waals surface area contributed by atoms with Crippen molar-refractivity contribution in [3.05, 3.63) is 46.9 Å².